The molecule has 0 bridgehead atoms. The molecule has 1 heteroatoms. The maximum absolute atomic E-state index is 3.91. The van der Waals surface area contributed by atoms with Gasteiger partial charge in [0.1, 0.15) is 0 Å². The van der Waals surface area contributed by atoms with Crippen LogP contribution in [0.5, 0.6) is 0 Å². The van der Waals surface area contributed by atoms with Crippen LogP contribution in [0.4, 0.5) is 0 Å². The van der Waals surface area contributed by atoms with Crippen molar-refractivity contribution < 1.29 is 0 Å². The van der Waals surface area contributed by atoms with Gasteiger partial charge >= 0.3 is 0 Å². The Labute approximate surface area is 172 Å². The van der Waals surface area contributed by atoms with E-state index in [1.165, 1.54) is 102 Å². The van der Waals surface area contributed by atoms with Crippen LogP contribution in [0, 0.1) is 6.92 Å². The monoisotopic (exact) mass is 387 g/mol. The fourth-order valence-corrected chi connectivity index (χ4v) is 6.59. The maximum Gasteiger partial charge on any atom is 0.0806 e. The highest BCUT2D eigenvalue weighted by molar-refractivity contribution is 6.89. The number of unbranched alkanes of at least 4 members (excludes halogenated alkanes) is 15. The molecule has 0 amide bonds. The largest absolute Gasteiger partial charge is 0.0806 e. The van der Waals surface area contributed by atoms with Gasteiger partial charge in [0.15, 0.2) is 0 Å². The van der Waals surface area contributed by atoms with Crippen LogP contribution < -0.4 is 5.19 Å². The summed E-state index contributed by atoms with van der Waals surface area (Å²) in [4.78, 5) is 0. The predicted octanol–water partition coefficient (Wildman–Crippen LogP) is 8.68. The van der Waals surface area contributed by atoms with Crippen molar-refractivity contribution in [3.8, 4) is 0 Å². The van der Waals surface area contributed by atoms with Crippen LogP contribution in [0.25, 0.3) is 0 Å². The van der Waals surface area contributed by atoms with Crippen LogP contribution >= 0.6 is 0 Å². The van der Waals surface area contributed by atoms with E-state index in [-0.39, 0.29) is 0 Å². The van der Waals surface area contributed by atoms with Gasteiger partial charge in [0.2, 0.25) is 0 Å². The summed E-state index contributed by atoms with van der Waals surface area (Å²) in [6.45, 7) is 8.98. The minimum Gasteiger partial charge on any atom is -0.0654 e. The van der Waals surface area contributed by atoms with Crippen molar-refractivity contribution in [1.82, 2.24) is 0 Å². The third kappa shape index (κ3) is 13.3. The van der Waals surface area contributed by atoms with Crippen molar-refractivity contribution in [2.45, 2.75) is 122 Å². The zero-order valence-electron chi connectivity index (χ0n) is 18.6. The Bertz CT molecular complexity index is 423. The Morgan fingerprint density at radius 3 is 1.33 bits per heavy atom. The fraction of sp³-hybridized carbons (Fsp3) is 0.731. The fourth-order valence-electron chi connectivity index (χ4n) is 4.08. The molecular weight excluding hydrogens is 340 g/mol. The van der Waals surface area contributed by atoms with Crippen molar-refractivity contribution in [3.05, 3.63) is 37.3 Å². The number of hydrogen-bond acceptors (Lipinski definition) is 0. The smallest absolute Gasteiger partial charge is 0.0654 e. The van der Waals surface area contributed by atoms with E-state index in [1.807, 2.05) is 0 Å². The van der Waals surface area contributed by atoms with E-state index >= 15 is 0 Å². The van der Waals surface area contributed by atoms with Crippen molar-refractivity contribution >= 4 is 13.3 Å². The number of rotatable bonds is 18. The first-order chi connectivity index (χ1) is 13.2. The second kappa shape index (κ2) is 16.4. The molecule has 0 atom stereocenters. The van der Waals surface area contributed by atoms with Gasteiger partial charge in [0, 0.05) is 0 Å². The summed E-state index contributed by atoms with van der Waals surface area (Å²) >= 11 is 0. The highest BCUT2D eigenvalue weighted by Gasteiger charge is 2.21. The second-order valence-electron chi connectivity index (χ2n) is 9.16. The summed E-state index contributed by atoms with van der Waals surface area (Å²) in [5, 5.41) is 1.63. The van der Waals surface area contributed by atoms with Gasteiger partial charge in [-0.1, -0.05) is 164 Å². The van der Waals surface area contributed by atoms with Gasteiger partial charge in [-0.25, -0.2) is 0 Å². The molecule has 155 valence electrons. The lowest BCUT2D eigenvalue weighted by atomic mass is 10.0. The zero-order chi connectivity index (χ0) is 19.6. The Morgan fingerprint density at radius 2 is 0.926 bits per heavy atom. The van der Waals surface area contributed by atoms with Crippen molar-refractivity contribution in [2.24, 2.45) is 0 Å². The third-order valence-electron chi connectivity index (χ3n) is 6.11. The molecule has 0 aromatic heterocycles. The van der Waals surface area contributed by atoms with Gasteiger partial charge in [-0.2, -0.15) is 0 Å². The molecule has 0 heterocycles. The summed E-state index contributed by atoms with van der Waals surface area (Å²) in [7, 11) is -1.19. The van der Waals surface area contributed by atoms with Crippen LogP contribution in [0.2, 0.25) is 19.1 Å². The molecule has 0 nitrogen and oxygen atoms in total. The van der Waals surface area contributed by atoms with E-state index in [0.29, 0.717) is 0 Å². The second-order valence-corrected chi connectivity index (χ2v) is 14.0. The average Bonchev–Trinajstić information content (AvgIpc) is 2.68. The summed E-state index contributed by atoms with van der Waals surface area (Å²) < 4.78 is 0. The molecule has 0 saturated heterocycles. The van der Waals surface area contributed by atoms with E-state index in [0.717, 1.165) is 6.42 Å². The topological polar surface area (TPSA) is 0 Å². The minimum atomic E-state index is -1.19. The van der Waals surface area contributed by atoms with Gasteiger partial charge in [-0.3, -0.25) is 0 Å². The molecule has 0 spiro atoms. The van der Waals surface area contributed by atoms with Crippen molar-refractivity contribution in [1.29, 1.82) is 0 Å². The zero-order valence-corrected chi connectivity index (χ0v) is 19.6. The molecule has 1 rings (SSSR count). The quantitative estimate of drug-likeness (QED) is 0.174. The standard InChI is InChI=1S/C26H47Si/c1-4-5-6-7-8-9-10-11-12-13-14-15-16-17-18-22-25-27(2,3)26-23-20-19-21-24-26/h19-21,23-24H,1,4-18,22,25H2,2-3H3. The van der Waals surface area contributed by atoms with Gasteiger partial charge in [0.25, 0.3) is 0 Å². The van der Waals surface area contributed by atoms with Crippen LogP contribution in [0.15, 0.2) is 30.3 Å². The molecule has 1 radical (unpaired) electrons. The third-order valence-corrected chi connectivity index (χ3v) is 9.61. The normalized spacial score (nSPS) is 11.8. The van der Waals surface area contributed by atoms with Crippen molar-refractivity contribution in [3.63, 3.8) is 0 Å². The molecule has 0 unspecified atom stereocenters. The first kappa shape index (κ1) is 24.5. The number of hydrogen-bond donors (Lipinski definition) is 0. The molecule has 1 aromatic carbocycles. The molecule has 0 aliphatic heterocycles. The number of benzene rings is 1. The highest BCUT2D eigenvalue weighted by Crippen LogP contribution is 2.17. The van der Waals surface area contributed by atoms with E-state index in [2.05, 4.69) is 50.3 Å². The summed E-state index contributed by atoms with van der Waals surface area (Å²) in [5.74, 6) is 0. The lowest BCUT2D eigenvalue weighted by Gasteiger charge is -2.22. The van der Waals surface area contributed by atoms with E-state index in [9.17, 15) is 0 Å². The lowest BCUT2D eigenvalue weighted by Crippen LogP contribution is -2.40. The van der Waals surface area contributed by atoms with Gasteiger partial charge in [-0.05, 0) is 0 Å². The van der Waals surface area contributed by atoms with Crippen LogP contribution in [0.1, 0.15) is 103 Å². The van der Waals surface area contributed by atoms with Gasteiger partial charge in [-0.15, -0.1) is 0 Å². The molecule has 0 fully saturated rings. The molecule has 0 saturated carbocycles. The Kier molecular flexibility index (Phi) is 14.9. The maximum atomic E-state index is 3.91. The summed E-state index contributed by atoms with van der Waals surface area (Å²) in [6.07, 6.45) is 22.8. The Balaban J connectivity index is 1.83. The van der Waals surface area contributed by atoms with E-state index in [1.54, 1.807) is 5.19 Å². The molecule has 0 aliphatic rings. The Hall–Kier alpha value is -0.563. The lowest BCUT2D eigenvalue weighted by molar-refractivity contribution is 0.532. The van der Waals surface area contributed by atoms with Gasteiger partial charge < -0.3 is 0 Å². The van der Waals surface area contributed by atoms with Crippen LogP contribution in [-0.4, -0.2) is 8.07 Å². The Morgan fingerprint density at radius 1 is 0.556 bits per heavy atom. The van der Waals surface area contributed by atoms with Crippen molar-refractivity contribution in [2.75, 3.05) is 0 Å². The molecule has 0 N–H and O–H groups in total. The predicted molar refractivity (Wildman–Crippen MR) is 128 cm³/mol. The highest BCUT2D eigenvalue weighted by atomic mass is 28.3. The molecule has 0 aliphatic carbocycles. The van der Waals surface area contributed by atoms with Gasteiger partial charge in [0.05, 0.1) is 8.07 Å². The van der Waals surface area contributed by atoms with Crippen LogP contribution in [0.3, 0.4) is 0 Å². The van der Waals surface area contributed by atoms with Crippen LogP contribution in [-0.2, 0) is 0 Å². The molecule has 1 aromatic rings. The SMILES string of the molecule is [CH2]CCCCCCCCCCCCCCCCC[Si](C)(C)c1ccccc1. The first-order valence-corrected chi connectivity index (χ1v) is 15.2. The van der Waals surface area contributed by atoms with E-state index < -0.39 is 8.07 Å². The summed E-state index contributed by atoms with van der Waals surface area (Å²) in [5.41, 5.74) is 0. The molecule has 27 heavy (non-hydrogen) atoms. The first-order valence-electron chi connectivity index (χ1n) is 12.0. The molecular formula is C26H47Si. The summed E-state index contributed by atoms with van der Waals surface area (Å²) in [6, 6.07) is 12.7. The minimum absolute atomic E-state index is 1.12. The average molecular weight is 388 g/mol. The van der Waals surface area contributed by atoms with E-state index in [4.69, 9.17) is 0 Å².